The standard InChI is InChI=1S/C13H25NOS/c1-2-13(7-3-4-8-13)11-14-12-5-9-16(15)10-6-12/h12,14H,2-11H2,1H3. The zero-order valence-corrected chi connectivity index (χ0v) is 11.3. The molecule has 2 nitrogen and oxygen atoms in total. The minimum absolute atomic E-state index is 0.519. The van der Waals surface area contributed by atoms with E-state index in [0.29, 0.717) is 11.5 Å². The van der Waals surface area contributed by atoms with Crippen molar-refractivity contribution in [2.45, 2.75) is 57.9 Å². The van der Waals surface area contributed by atoms with Gasteiger partial charge in [-0.25, -0.2) is 0 Å². The van der Waals surface area contributed by atoms with Crippen LogP contribution in [-0.4, -0.2) is 28.3 Å². The normalized spacial score (nSPS) is 34.1. The third-order valence-corrected chi connectivity index (χ3v) is 5.95. The number of hydrogen-bond acceptors (Lipinski definition) is 2. The molecular formula is C13H25NOS. The van der Waals surface area contributed by atoms with Crippen molar-refractivity contribution in [2.75, 3.05) is 18.1 Å². The van der Waals surface area contributed by atoms with Gasteiger partial charge < -0.3 is 5.32 Å². The maximum Gasteiger partial charge on any atom is 0.0249 e. The quantitative estimate of drug-likeness (QED) is 0.822. The van der Waals surface area contributed by atoms with Crippen LogP contribution in [0.2, 0.25) is 0 Å². The molecule has 1 N–H and O–H groups in total. The van der Waals surface area contributed by atoms with Gasteiger partial charge in [-0.15, -0.1) is 0 Å². The van der Waals surface area contributed by atoms with Crippen LogP contribution < -0.4 is 5.32 Å². The van der Waals surface area contributed by atoms with Crippen LogP contribution in [0.25, 0.3) is 0 Å². The van der Waals surface area contributed by atoms with Gasteiger partial charge in [-0.3, -0.25) is 4.21 Å². The highest BCUT2D eigenvalue weighted by Crippen LogP contribution is 2.40. The fourth-order valence-corrected chi connectivity index (χ4v) is 4.44. The van der Waals surface area contributed by atoms with Gasteiger partial charge in [0.05, 0.1) is 0 Å². The Morgan fingerprint density at radius 3 is 2.44 bits per heavy atom. The van der Waals surface area contributed by atoms with Crippen molar-refractivity contribution in [2.24, 2.45) is 5.41 Å². The Morgan fingerprint density at radius 2 is 1.88 bits per heavy atom. The Bertz CT molecular complexity index is 238. The van der Waals surface area contributed by atoms with Crippen molar-refractivity contribution in [3.05, 3.63) is 0 Å². The summed E-state index contributed by atoms with van der Waals surface area (Å²) in [5.74, 6) is 1.83. The molecule has 2 aliphatic rings. The summed E-state index contributed by atoms with van der Waals surface area (Å²) in [5, 5.41) is 3.74. The predicted octanol–water partition coefficient (Wildman–Crippen LogP) is 2.46. The van der Waals surface area contributed by atoms with Crippen LogP contribution in [0.1, 0.15) is 51.9 Å². The molecule has 1 aliphatic carbocycles. The molecule has 0 aromatic carbocycles. The minimum atomic E-state index is -0.519. The Balaban J connectivity index is 1.75. The molecule has 0 aromatic heterocycles. The first-order chi connectivity index (χ1) is 7.74. The lowest BCUT2D eigenvalue weighted by molar-refractivity contribution is 0.252. The molecule has 0 unspecified atom stereocenters. The first-order valence-electron chi connectivity index (χ1n) is 6.82. The van der Waals surface area contributed by atoms with Gasteiger partial charge in [-0.2, -0.15) is 0 Å². The molecule has 94 valence electrons. The fourth-order valence-electron chi connectivity index (χ4n) is 3.14. The first kappa shape index (κ1) is 12.6. The van der Waals surface area contributed by atoms with E-state index < -0.39 is 10.8 Å². The van der Waals surface area contributed by atoms with Crippen molar-refractivity contribution in [3.8, 4) is 0 Å². The Labute approximate surface area is 102 Å². The van der Waals surface area contributed by atoms with Gasteiger partial charge in [0.15, 0.2) is 0 Å². The molecule has 0 atom stereocenters. The SMILES string of the molecule is CCC1(CNC2CCS(=O)CC2)CCCC1. The second-order valence-electron chi connectivity index (χ2n) is 5.56. The van der Waals surface area contributed by atoms with Crippen molar-refractivity contribution in [3.63, 3.8) is 0 Å². The van der Waals surface area contributed by atoms with E-state index in [1.54, 1.807) is 0 Å². The van der Waals surface area contributed by atoms with Crippen molar-refractivity contribution in [1.29, 1.82) is 0 Å². The van der Waals surface area contributed by atoms with Crippen LogP contribution >= 0.6 is 0 Å². The average molecular weight is 243 g/mol. The Morgan fingerprint density at radius 1 is 1.25 bits per heavy atom. The summed E-state index contributed by atoms with van der Waals surface area (Å²) in [6, 6.07) is 0.640. The lowest BCUT2D eigenvalue weighted by atomic mass is 9.83. The largest absolute Gasteiger partial charge is 0.313 e. The Hall–Kier alpha value is 0.110. The second kappa shape index (κ2) is 5.63. The van der Waals surface area contributed by atoms with Gasteiger partial charge in [0.2, 0.25) is 0 Å². The van der Waals surface area contributed by atoms with Gasteiger partial charge in [-0.05, 0) is 37.5 Å². The minimum Gasteiger partial charge on any atom is -0.313 e. The molecule has 0 spiro atoms. The van der Waals surface area contributed by atoms with E-state index in [-0.39, 0.29) is 0 Å². The summed E-state index contributed by atoms with van der Waals surface area (Å²) in [5.41, 5.74) is 0.594. The monoisotopic (exact) mass is 243 g/mol. The summed E-state index contributed by atoms with van der Waals surface area (Å²) in [6.45, 7) is 3.53. The van der Waals surface area contributed by atoms with Crippen LogP contribution in [0.15, 0.2) is 0 Å². The fraction of sp³-hybridized carbons (Fsp3) is 1.00. The zero-order valence-electron chi connectivity index (χ0n) is 10.5. The molecule has 3 heteroatoms. The molecule has 0 bridgehead atoms. The molecule has 2 fully saturated rings. The van der Waals surface area contributed by atoms with E-state index in [2.05, 4.69) is 12.2 Å². The molecular weight excluding hydrogens is 218 g/mol. The third-order valence-electron chi connectivity index (χ3n) is 4.57. The van der Waals surface area contributed by atoms with Gasteiger partial charge in [-0.1, -0.05) is 19.8 Å². The highest BCUT2D eigenvalue weighted by molar-refractivity contribution is 7.85. The van der Waals surface area contributed by atoms with E-state index in [1.807, 2.05) is 0 Å². The van der Waals surface area contributed by atoms with Crippen molar-refractivity contribution < 1.29 is 4.21 Å². The van der Waals surface area contributed by atoms with Crippen LogP contribution in [0.5, 0.6) is 0 Å². The maximum absolute atomic E-state index is 11.3. The first-order valence-corrected chi connectivity index (χ1v) is 8.31. The Kier molecular flexibility index (Phi) is 4.42. The smallest absolute Gasteiger partial charge is 0.0249 e. The number of hydrogen-bond donors (Lipinski definition) is 1. The van der Waals surface area contributed by atoms with Gasteiger partial charge in [0, 0.05) is 34.9 Å². The van der Waals surface area contributed by atoms with Crippen LogP contribution in [0, 0.1) is 5.41 Å². The molecule has 0 aromatic rings. The third kappa shape index (κ3) is 3.07. The van der Waals surface area contributed by atoms with Gasteiger partial charge in [0.25, 0.3) is 0 Å². The van der Waals surface area contributed by atoms with Gasteiger partial charge in [0.1, 0.15) is 0 Å². The highest BCUT2D eigenvalue weighted by atomic mass is 32.2. The summed E-state index contributed by atoms with van der Waals surface area (Å²) >= 11 is 0. The van der Waals surface area contributed by atoms with E-state index in [0.717, 1.165) is 24.3 Å². The molecule has 0 radical (unpaired) electrons. The summed E-state index contributed by atoms with van der Waals surface area (Å²) < 4.78 is 11.3. The molecule has 0 amide bonds. The number of rotatable bonds is 4. The van der Waals surface area contributed by atoms with Crippen LogP contribution in [-0.2, 0) is 10.8 Å². The van der Waals surface area contributed by atoms with Crippen LogP contribution in [0.4, 0.5) is 0 Å². The van der Waals surface area contributed by atoms with E-state index in [1.165, 1.54) is 38.6 Å². The van der Waals surface area contributed by atoms with E-state index in [4.69, 9.17) is 0 Å². The van der Waals surface area contributed by atoms with Crippen LogP contribution in [0.3, 0.4) is 0 Å². The van der Waals surface area contributed by atoms with Gasteiger partial charge >= 0.3 is 0 Å². The second-order valence-corrected chi connectivity index (χ2v) is 7.26. The molecule has 1 aliphatic heterocycles. The molecule has 1 heterocycles. The summed E-state index contributed by atoms with van der Waals surface area (Å²) in [7, 11) is -0.519. The highest BCUT2D eigenvalue weighted by Gasteiger charge is 2.32. The topological polar surface area (TPSA) is 29.1 Å². The van der Waals surface area contributed by atoms with Crippen molar-refractivity contribution >= 4 is 10.8 Å². The van der Waals surface area contributed by atoms with E-state index >= 15 is 0 Å². The van der Waals surface area contributed by atoms with E-state index in [9.17, 15) is 4.21 Å². The zero-order chi connectivity index (χ0) is 11.4. The average Bonchev–Trinajstić information content (AvgIpc) is 2.78. The lowest BCUT2D eigenvalue weighted by Crippen LogP contribution is -2.41. The molecule has 1 saturated carbocycles. The van der Waals surface area contributed by atoms with Crippen molar-refractivity contribution in [1.82, 2.24) is 5.32 Å². The molecule has 2 rings (SSSR count). The number of nitrogens with one attached hydrogen (secondary N) is 1. The summed E-state index contributed by atoms with van der Waals surface area (Å²) in [4.78, 5) is 0. The summed E-state index contributed by atoms with van der Waals surface area (Å²) in [6.07, 6.45) is 9.22. The lowest BCUT2D eigenvalue weighted by Gasteiger charge is -2.32. The molecule has 16 heavy (non-hydrogen) atoms. The predicted molar refractivity (Wildman–Crippen MR) is 70.1 cm³/mol. The maximum atomic E-state index is 11.3. The molecule has 1 saturated heterocycles.